The summed E-state index contributed by atoms with van der Waals surface area (Å²) in [6, 6.07) is 0.542. The van der Waals surface area contributed by atoms with Gasteiger partial charge in [-0.1, -0.05) is 0 Å². The maximum atomic E-state index is 4.90. The van der Waals surface area contributed by atoms with Crippen molar-refractivity contribution in [2.45, 2.75) is 62.9 Å². The number of nitrogens with zero attached hydrogens (tertiary/aromatic N) is 2. The number of aromatic nitrogens is 2. The van der Waals surface area contributed by atoms with Crippen molar-refractivity contribution in [3.8, 4) is 0 Å². The molecule has 1 atom stereocenters. The SMILES string of the molecule is CNC1CCc2cnn(C34CC5CC(CC(C5)C3)C4)c21. The van der Waals surface area contributed by atoms with Crippen LogP contribution in [0.2, 0.25) is 0 Å². The van der Waals surface area contributed by atoms with E-state index in [1.807, 2.05) is 0 Å². The largest absolute Gasteiger partial charge is 0.312 e. The third-order valence-corrected chi connectivity index (χ3v) is 6.72. The summed E-state index contributed by atoms with van der Waals surface area (Å²) in [5.74, 6) is 2.99. The number of aryl methyl sites for hydroxylation is 1. The van der Waals surface area contributed by atoms with Crippen LogP contribution in [0.1, 0.15) is 62.2 Å². The van der Waals surface area contributed by atoms with Crippen LogP contribution in [0.3, 0.4) is 0 Å². The highest BCUT2D eigenvalue weighted by Gasteiger charge is 2.53. The second-order valence-electron chi connectivity index (χ2n) is 7.99. The first kappa shape index (κ1) is 11.8. The summed E-state index contributed by atoms with van der Waals surface area (Å²) < 4.78 is 2.51. The van der Waals surface area contributed by atoms with Crippen LogP contribution < -0.4 is 5.32 Å². The first-order chi connectivity index (χ1) is 9.77. The van der Waals surface area contributed by atoms with Crippen molar-refractivity contribution in [1.82, 2.24) is 15.1 Å². The Kier molecular flexibility index (Phi) is 2.29. The third-order valence-electron chi connectivity index (χ3n) is 6.72. The van der Waals surface area contributed by atoms with Crippen molar-refractivity contribution in [3.05, 3.63) is 17.5 Å². The zero-order valence-electron chi connectivity index (χ0n) is 12.4. The Labute approximate surface area is 121 Å². The Morgan fingerprint density at radius 2 is 1.80 bits per heavy atom. The van der Waals surface area contributed by atoms with E-state index in [0.717, 1.165) is 17.8 Å². The number of hydrogen-bond donors (Lipinski definition) is 1. The smallest absolute Gasteiger partial charge is 0.0639 e. The summed E-state index contributed by atoms with van der Waals surface area (Å²) in [5.41, 5.74) is 3.44. The van der Waals surface area contributed by atoms with Crippen molar-refractivity contribution in [1.29, 1.82) is 0 Å². The van der Waals surface area contributed by atoms with Gasteiger partial charge in [-0.3, -0.25) is 4.68 Å². The normalized spacial score (nSPS) is 45.0. The van der Waals surface area contributed by atoms with Gasteiger partial charge in [0.05, 0.1) is 17.4 Å². The van der Waals surface area contributed by atoms with E-state index in [4.69, 9.17) is 5.10 Å². The van der Waals surface area contributed by atoms with Gasteiger partial charge in [0.15, 0.2) is 0 Å². The number of nitrogens with one attached hydrogen (secondary N) is 1. The van der Waals surface area contributed by atoms with Gasteiger partial charge in [0.1, 0.15) is 0 Å². The van der Waals surface area contributed by atoms with Gasteiger partial charge in [0.2, 0.25) is 0 Å². The number of rotatable bonds is 2. The van der Waals surface area contributed by atoms with E-state index in [-0.39, 0.29) is 0 Å². The topological polar surface area (TPSA) is 29.9 Å². The standard InChI is InChI=1S/C17H25N3/c1-18-15-3-2-14-10-19-20(16(14)15)17-7-11-4-12(8-17)6-13(5-11)9-17/h10-13,15,18H,2-9H2,1H3. The van der Waals surface area contributed by atoms with Crippen LogP contribution in [0.25, 0.3) is 0 Å². The highest BCUT2D eigenvalue weighted by Crippen LogP contribution is 2.59. The molecule has 4 bridgehead atoms. The molecule has 6 rings (SSSR count). The van der Waals surface area contributed by atoms with E-state index in [0.29, 0.717) is 11.6 Å². The Morgan fingerprint density at radius 1 is 1.15 bits per heavy atom. The van der Waals surface area contributed by atoms with Crippen molar-refractivity contribution < 1.29 is 0 Å². The quantitative estimate of drug-likeness (QED) is 0.896. The lowest BCUT2D eigenvalue weighted by molar-refractivity contribution is -0.0512. The monoisotopic (exact) mass is 271 g/mol. The van der Waals surface area contributed by atoms with E-state index in [2.05, 4.69) is 23.2 Å². The molecular formula is C17H25N3. The van der Waals surface area contributed by atoms with Gasteiger partial charge in [-0.05, 0) is 81.7 Å². The minimum absolute atomic E-state index is 0.391. The molecule has 0 aromatic carbocycles. The molecule has 4 fully saturated rings. The van der Waals surface area contributed by atoms with Gasteiger partial charge in [-0.2, -0.15) is 5.10 Å². The van der Waals surface area contributed by atoms with Gasteiger partial charge in [0, 0.05) is 6.04 Å². The predicted octanol–water partition coefficient (Wildman–Crippen LogP) is 3.02. The number of hydrogen-bond acceptors (Lipinski definition) is 2. The van der Waals surface area contributed by atoms with Crippen LogP contribution in [-0.4, -0.2) is 16.8 Å². The summed E-state index contributed by atoms with van der Waals surface area (Å²) in [7, 11) is 2.11. The first-order valence-corrected chi connectivity index (χ1v) is 8.52. The lowest BCUT2D eigenvalue weighted by atomic mass is 9.53. The molecule has 1 unspecified atom stereocenters. The summed E-state index contributed by atoms with van der Waals surface area (Å²) in [5, 5.41) is 8.42. The second-order valence-corrected chi connectivity index (χ2v) is 7.99. The fourth-order valence-corrected chi connectivity index (χ4v) is 6.38. The lowest BCUT2D eigenvalue weighted by Crippen LogP contribution is -2.52. The maximum absolute atomic E-state index is 4.90. The zero-order valence-corrected chi connectivity index (χ0v) is 12.4. The first-order valence-electron chi connectivity index (χ1n) is 8.52. The molecule has 1 aromatic heterocycles. The van der Waals surface area contributed by atoms with Crippen molar-refractivity contribution in [3.63, 3.8) is 0 Å². The van der Waals surface area contributed by atoms with Crippen molar-refractivity contribution in [2.75, 3.05) is 7.05 Å². The van der Waals surface area contributed by atoms with Crippen molar-refractivity contribution >= 4 is 0 Å². The highest BCUT2D eigenvalue weighted by molar-refractivity contribution is 5.29. The van der Waals surface area contributed by atoms with Gasteiger partial charge in [-0.15, -0.1) is 0 Å². The van der Waals surface area contributed by atoms with Crippen LogP contribution >= 0.6 is 0 Å². The van der Waals surface area contributed by atoms with Crippen LogP contribution in [-0.2, 0) is 12.0 Å². The number of fused-ring (bicyclic) bond motifs is 1. The second kappa shape index (κ2) is 3.88. The molecule has 3 nitrogen and oxygen atoms in total. The van der Waals surface area contributed by atoms with Gasteiger partial charge in [-0.25, -0.2) is 0 Å². The molecule has 5 aliphatic rings. The molecule has 1 N–H and O–H groups in total. The van der Waals surface area contributed by atoms with E-state index in [1.54, 1.807) is 0 Å². The van der Waals surface area contributed by atoms with Crippen LogP contribution in [0.4, 0.5) is 0 Å². The Bertz CT molecular complexity index is 509. The van der Waals surface area contributed by atoms with Crippen molar-refractivity contribution in [2.24, 2.45) is 17.8 Å². The average molecular weight is 271 g/mol. The molecular weight excluding hydrogens is 246 g/mol. The molecule has 20 heavy (non-hydrogen) atoms. The molecule has 0 spiro atoms. The molecule has 0 radical (unpaired) electrons. The van der Waals surface area contributed by atoms with Crippen LogP contribution in [0.15, 0.2) is 6.20 Å². The molecule has 3 heteroatoms. The lowest BCUT2D eigenvalue weighted by Gasteiger charge is -2.57. The Morgan fingerprint density at radius 3 is 2.40 bits per heavy atom. The Balaban J connectivity index is 1.61. The molecule has 4 saturated carbocycles. The summed E-state index contributed by atoms with van der Waals surface area (Å²) in [4.78, 5) is 0. The Hall–Kier alpha value is -0.830. The summed E-state index contributed by atoms with van der Waals surface area (Å²) in [6.07, 6.45) is 13.4. The summed E-state index contributed by atoms with van der Waals surface area (Å²) >= 11 is 0. The molecule has 1 heterocycles. The third kappa shape index (κ3) is 1.42. The molecule has 0 saturated heterocycles. The average Bonchev–Trinajstić information content (AvgIpc) is 2.97. The van der Waals surface area contributed by atoms with E-state index >= 15 is 0 Å². The van der Waals surface area contributed by atoms with E-state index in [1.165, 1.54) is 62.6 Å². The zero-order chi connectivity index (χ0) is 13.3. The van der Waals surface area contributed by atoms with Crippen LogP contribution in [0, 0.1) is 17.8 Å². The van der Waals surface area contributed by atoms with E-state index in [9.17, 15) is 0 Å². The molecule has 108 valence electrons. The molecule has 0 amide bonds. The summed E-state index contributed by atoms with van der Waals surface area (Å²) in [6.45, 7) is 0. The minimum atomic E-state index is 0.391. The van der Waals surface area contributed by atoms with E-state index < -0.39 is 0 Å². The fraction of sp³-hybridized carbons (Fsp3) is 0.824. The fourth-order valence-electron chi connectivity index (χ4n) is 6.38. The molecule has 5 aliphatic carbocycles. The van der Waals surface area contributed by atoms with Crippen LogP contribution in [0.5, 0.6) is 0 Å². The predicted molar refractivity (Wildman–Crippen MR) is 78.5 cm³/mol. The van der Waals surface area contributed by atoms with Gasteiger partial charge in [0.25, 0.3) is 0 Å². The molecule has 0 aliphatic heterocycles. The maximum Gasteiger partial charge on any atom is 0.0639 e. The minimum Gasteiger partial charge on any atom is -0.312 e. The molecule has 1 aromatic rings. The van der Waals surface area contributed by atoms with Gasteiger partial charge < -0.3 is 5.32 Å². The van der Waals surface area contributed by atoms with Gasteiger partial charge >= 0.3 is 0 Å². The highest BCUT2D eigenvalue weighted by atomic mass is 15.3.